The predicted molar refractivity (Wildman–Crippen MR) is 69.9 cm³/mol. The van der Waals surface area contributed by atoms with Crippen LogP contribution in [0.5, 0.6) is 0 Å². The highest BCUT2D eigenvalue weighted by atomic mass is 16.5. The van der Waals surface area contributed by atoms with E-state index in [9.17, 15) is 0 Å². The molecule has 0 aromatic carbocycles. The fraction of sp³-hybridized carbons (Fsp3) is 0.714. The molecule has 0 aliphatic carbocycles. The molecule has 0 heterocycles. The molecular formula is C14H26NO+. The van der Waals surface area contributed by atoms with Gasteiger partial charge in [0.2, 0.25) is 0 Å². The molecule has 0 aromatic rings. The van der Waals surface area contributed by atoms with Crippen LogP contribution in [-0.2, 0) is 4.74 Å². The second-order valence-electron chi connectivity index (χ2n) is 4.26. The molecule has 0 aliphatic rings. The highest BCUT2D eigenvalue weighted by molar-refractivity contribution is 5.13. The van der Waals surface area contributed by atoms with Crippen LogP contribution in [-0.4, -0.2) is 37.8 Å². The van der Waals surface area contributed by atoms with Crippen molar-refractivity contribution in [3.05, 3.63) is 12.3 Å². The van der Waals surface area contributed by atoms with E-state index in [1.165, 1.54) is 6.42 Å². The average Bonchev–Trinajstić information content (AvgIpc) is 2.32. The molecule has 0 saturated carbocycles. The van der Waals surface area contributed by atoms with Crippen molar-refractivity contribution in [2.75, 3.05) is 33.3 Å². The van der Waals surface area contributed by atoms with E-state index in [0.29, 0.717) is 0 Å². The summed E-state index contributed by atoms with van der Waals surface area (Å²) in [5.41, 5.74) is 0. The van der Waals surface area contributed by atoms with Crippen LogP contribution in [0.15, 0.2) is 12.3 Å². The Morgan fingerprint density at radius 3 is 2.44 bits per heavy atom. The molecule has 16 heavy (non-hydrogen) atoms. The van der Waals surface area contributed by atoms with Gasteiger partial charge in [0.25, 0.3) is 0 Å². The van der Waals surface area contributed by atoms with Crippen molar-refractivity contribution in [3.63, 3.8) is 0 Å². The lowest BCUT2D eigenvalue weighted by molar-refractivity contribution is -0.899. The second-order valence-corrected chi connectivity index (χ2v) is 4.26. The van der Waals surface area contributed by atoms with E-state index in [-0.39, 0.29) is 0 Å². The van der Waals surface area contributed by atoms with Crippen molar-refractivity contribution >= 4 is 0 Å². The number of hydrogen-bond acceptors (Lipinski definition) is 1. The number of ether oxygens (including phenoxy) is 1. The van der Waals surface area contributed by atoms with Gasteiger partial charge in [-0.3, -0.25) is 0 Å². The first-order valence-electron chi connectivity index (χ1n) is 6.27. The van der Waals surface area contributed by atoms with Gasteiger partial charge in [0.1, 0.15) is 6.54 Å². The lowest BCUT2D eigenvalue weighted by atomic mass is 10.4. The summed E-state index contributed by atoms with van der Waals surface area (Å²) in [6.45, 7) is 10.5. The van der Waals surface area contributed by atoms with Crippen molar-refractivity contribution in [1.82, 2.24) is 0 Å². The van der Waals surface area contributed by atoms with Gasteiger partial charge in [0, 0.05) is 6.08 Å². The van der Waals surface area contributed by atoms with Gasteiger partial charge in [-0.1, -0.05) is 19.3 Å². The topological polar surface area (TPSA) is 9.23 Å². The smallest absolute Gasteiger partial charge is 0.141 e. The Labute approximate surface area is 101 Å². The molecule has 0 atom stereocenters. The summed E-state index contributed by atoms with van der Waals surface area (Å²) in [4.78, 5) is 0. The predicted octanol–water partition coefficient (Wildman–Crippen LogP) is 2.81. The Bertz CT molecular complexity index is 243. The van der Waals surface area contributed by atoms with E-state index >= 15 is 0 Å². The zero-order chi connectivity index (χ0) is 12.3. The summed E-state index contributed by atoms with van der Waals surface area (Å²) in [5.74, 6) is 6.19. The van der Waals surface area contributed by atoms with E-state index in [2.05, 4.69) is 39.7 Å². The first-order chi connectivity index (χ1) is 7.68. The normalized spacial score (nSPS) is 11.2. The third kappa shape index (κ3) is 7.36. The SMILES string of the molecule is CCCCO/C=C/C#CC[N+](C)(CC)CC. The van der Waals surface area contributed by atoms with Crippen LogP contribution in [0.3, 0.4) is 0 Å². The van der Waals surface area contributed by atoms with Gasteiger partial charge in [-0.25, -0.2) is 0 Å². The Hall–Kier alpha value is -0.940. The van der Waals surface area contributed by atoms with E-state index < -0.39 is 0 Å². The number of quaternary nitrogens is 1. The molecule has 0 radical (unpaired) electrons. The van der Waals surface area contributed by atoms with E-state index in [1.807, 2.05) is 0 Å². The van der Waals surface area contributed by atoms with Gasteiger partial charge in [-0.2, -0.15) is 0 Å². The first kappa shape index (κ1) is 15.1. The molecule has 0 bridgehead atoms. The summed E-state index contributed by atoms with van der Waals surface area (Å²) in [5, 5.41) is 0. The third-order valence-electron chi connectivity index (χ3n) is 2.95. The van der Waals surface area contributed by atoms with Crippen LogP contribution < -0.4 is 0 Å². The van der Waals surface area contributed by atoms with E-state index in [4.69, 9.17) is 4.74 Å². The maximum atomic E-state index is 5.27. The second kappa shape index (κ2) is 9.30. The standard InChI is InChI=1S/C14H26NO/c1-5-8-13-16-14-11-9-10-12-15(4,6-2)7-3/h11,14H,5-8,12-13H2,1-4H3/q+1/b14-11+. The van der Waals surface area contributed by atoms with Gasteiger partial charge in [-0.15, -0.1) is 0 Å². The molecule has 2 nitrogen and oxygen atoms in total. The van der Waals surface area contributed by atoms with Crippen LogP contribution >= 0.6 is 0 Å². The first-order valence-corrected chi connectivity index (χ1v) is 6.27. The molecule has 92 valence electrons. The molecule has 0 saturated heterocycles. The number of unbranched alkanes of at least 4 members (excludes halogenated alkanes) is 1. The van der Waals surface area contributed by atoms with Crippen molar-refractivity contribution in [1.29, 1.82) is 0 Å². The maximum Gasteiger partial charge on any atom is 0.141 e. The Kier molecular flexibility index (Phi) is 8.75. The van der Waals surface area contributed by atoms with Gasteiger partial charge in [0.05, 0.1) is 33.0 Å². The van der Waals surface area contributed by atoms with Gasteiger partial charge < -0.3 is 9.22 Å². The summed E-state index contributed by atoms with van der Waals surface area (Å²) in [6, 6.07) is 0. The quantitative estimate of drug-likeness (QED) is 0.280. The lowest BCUT2D eigenvalue weighted by Gasteiger charge is -2.29. The molecule has 0 N–H and O–H groups in total. The molecule has 0 aliphatic heterocycles. The number of nitrogens with zero attached hydrogens (tertiary/aromatic N) is 1. The van der Waals surface area contributed by atoms with Crippen LogP contribution in [0.4, 0.5) is 0 Å². The van der Waals surface area contributed by atoms with Gasteiger partial charge in [-0.05, 0) is 26.2 Å². The fourth-order valence-electron chi connectivity index (χ4n) is 1.12. The van der Waals surface area contributed by atoms with Crippen molar-refractivity contribution in [2.24, 2.45) is 0 Å². The van der Waals surface area contributed by atoms with Crippen molar-refractivity contribution < 1.29 is 9.22 Å². The Morgan fingerprint density at radius 2 is 1.88 bits per heavy atom. The monoisotopic (exact) mass is 224 g/mol. The molecule has 0 spiro atoms. The van der Waals surface area contributed by atoms with Crippen LogP contribution in [0.2, 0.25) is 0 Å². The largest absolute Gasteiger partial charge is 0.501 e. The molecule has 0 aromatic heterocycles. The van der Waals surface area contributed by atoms with E-state index in [0.717, 1.165) is 37.1 Å². The number of allylic oxidation sites excluding steroid dienone is 1. The van der Waals surface area contributed by atoms with E-state index in [1.54, 1.807) is 12.3 Å². The summed E-state index contributed by atoms with van der Waals surface area (Å²) in [7, 11) is 2.23. The minimum Gasteiger partial charge on any atom is -0.501 e. The molecule has 0 unspecified atom stereocenters. The molecule has 2 heteroatoms. The minimum absolute atomic E-state index is 0.798. The minimum atomic E-state index is 0.798. The maximum absolute atomic E-state index is 5.27. The Balaban J connectivity index is 3.76. The summed E-state index contributed by atoms with van der Waals surface area (Å²) >= 11 is 0. The zero-order valence-electron chi connectivity index (χ0n) is 11.3. The third-order valence-corrected chi connectivity index (χ3v) is 2.95. The fourth-order valence-corrected chi connectivity index (χ4v) is 1.12. The summed E-state index contributed by atoms with van der Waals surface area (Å²) in [6.07, 6.45) is 5.77. The average molecular weight is 224 g/mol. The van der Waals surface area contributed by atoms with Gasteiger partial charge >= 0.3 is 0 Å². The van der Waals surface area contributed by atoms with Crippen LogP contribution in [0, 0.1) is 11.8 Å². The molecule has 0 rings (SSSR count). The summed E-state index contributed by atoms with van der Waals surface area (Å²) < 4.78 is 6.28. The van der Waals surface area contributed by atoms with Crippen molar-refractivity contribution in [2.45, 2.75) is 33.6 Å². The number of hydrogen-bond donors (Lipinski definition) is 0. The number of rotatable bonds is 7. The zero-order valence-corrected chi connectivity index (χ0v) is 11.3. The van der Waals surface area contributed by atoms with Crippen molar-refractivity contribution in [3.8, 4) is 11.8 Å². The molecular weight excluding hydrogens is 198 g/mol. The highest BCUT2D eigenvalue weighted by Gasteiger charge is 2.13. The van der Waals surface area contributed by atoms with Crippen LogP contribution in [0.1, 0.15) is 33.6 Å². The molecule has 0 fully saturated rings. The highest BCUT2D eigenvalue weighted by Crippen LogP contribution is 1.98. The van der Waals surface area contributed by atoms with Gasteiger partial charge in [0.15, 0.2) is 0 Å². The lowest BCUT2D eigenvalue weighted by Crippen LogP contribution is -2.43. The van der Waals surface area contributed by atoms with Crippen LogP contribution in [0.25, 0.3) is 0 Å². The Morgan fingerprint density at radius 1 is 1.19 bits per heavy atom. The molecule has 0 amide bonds.